The Bertz CT molecular complexity index is 328. The van der Waals surface area contributed by atoms with Crippen LogP contribution < -0.4 is 0 Å². The normalized spacial score (nSPS) is 12.8. The first-order chi connectivity index (χ1) is 7.10. The van der Waals surface area contributed by atoms with Crippen molar-refractivity contribution in [2.75, 3.05) is 0 Å². The van der Waals surface area contributed by atoms with Crippen molar-refractivity contribution in [3.05, 3.63) is 35.9 Å². The SMILES string of the molecule is CCC(C)(C)/C(Cc1ccccc1)=[N]/[Tl]. The molecule has 0 aliphatic rings. The van der Waals surface area contributed by atoms with E-state index in [1.165, 1.54) is 11.3 Å². The predicted molar refractivity (Wildman–Crippen MR) is 67.4 cm³/mol. The van der Waals surface area contributed by atoms with Crippen LogP contribution >= 0.6 is 0 Å². The van der Waals surface area contributed by atoms with E-state index in [0.29, 0.717) is 26.1 Å². The molecule has 0 amide bonds. The summed E-state index contributed by atoms with van der Waals surface area (Å²) in [4.78, 5) is 0. The Hall–Kier alpha value is -0.188. The van der Waals surface area contributed by atoms with Gasteiger partial charge in [0.2, 0.25) is 0 Å². The molecule has 1 aromatic carbocycles. The number of rotatable bonds is 4. The summed E-state index contributed by atoms with van der Waals surface area (Å²) in [6.07, 6.45) is 2.17. The first-order valence-corrected chi connectivity index (χ1v) is 7.42. The van der Waals surface area contributed by atoms with Crippen LogP contribution in [0.3, 0.4) is 0 Å². The summed E-state index contributed by atoms with van der Waals surface area (Å²) in [5.74, 6) is 0. The molecular weight excluding hydrogens is 375 g/mol. The van der Waals surface area contributed by atoms with Gasteiger partial charge in [-0.25, -0.2) is 0 Å². The van der Waals surface area contributed by atoms with Crippen LogP contribution in [0.5, 0.6) is 0 Å². The molecule has 0 saturated heterocycles. The van der Waals surface area contributed by atoms with Crippen molar-refractivity contribution >= 4 is 31.8 Å². The Kier molecular flexibility index (Phi) is 4.96. The number of nitrogens with zero attached hydrogens (tertiary/aromatic N) is 1. The molecule has 1 rings (SSSR count). The van der Waals surface area contributed by atoms with Gasteiger partial charge in [-0.15, -0.1) is 0 Å². The summed E-state index contributed by atoms with van der Waals surface area (Å²) in [6.45, 7) is 6.81. The van der Waals surface area contributed by atoms with Gasteiger partial charge in [0.25, 0.3) is 0 Å². The van der Waals surface area contributed by atoms with Gasteiger partial charge < -0.3 is 0 Å². The molecule has 0 N–H and O–H groups in total. The fourth-order valence-corrected chi connectivity index (χ4v) is 3.17. The van der Waals surface area contributed by atoms with Crippen LogP contribution in [0.25, 0.3) is 0 Å². The molecule has 1 aromatic rings. The monoisotopic (exact) mass is 393 g/mol. The Morgan fingerprint density at radius 2 is 1.87 bits per heavy atom. The summed E-state index contributed by atoms with van der Waals surface area (Å²) < 4.78 is 4.61. The molecule has 0 aliphatic carbocycles. The van der Waals surface area contributed by atoms with E-state index in [2.05, 4.69) is 53.9 Å². The molecule has 1 nitrogen and oxygen atoms in total. The molecule has 0 bridgehead atoms. The molecule has 0 aromatic heterocycles. The van der Waals surface area contributed by atoms with Crippen LogP contribution in [-0.2, 0) is 6.42 Å². The maximum absolute atomic E-state index is 4.61. The average Bonchev–Trinajstić information content (AvgIpc) is 2.27. The molecule has 78 valence electrons. The quantitative estimate of drug-likeness (QED) is 0.551. The Morgan fingerprint density at radius 1 is 1.27 bits per heavy atom. The number of hydrogen-bond acceptors (Lipinski definition) is 1. The minimum absolute atomic E-state index is 0.255. The molecule has 0 radical (unpaired) electrons. The van der Waals surface area contributed by atoms with E-state index in [1.54, 1.807) is 0 Å². The third kappa shape index (κ3) is 3.70. The second-order valence-corrected chi connectivity index (χ2v) is 5.48. The van der Waals surface area contributed by atoms with Crippen LogP contribution in [0.4, 0.5) is 0 Å². The number of benzene rings is 1. The van der Waals surface area contributed by atoms with Crippen molar-refractivity contribution in [1.29, 1.82) is 0 Å². The first kappa shape index (κ1) is 12.9. The van der Waals surface area contributed by atoms with Gasteiger partial charge in [-0.05, 0) is 0 Å². The Morgan fingerprint density at radius 3 is 2.33 bits per heavy atom. The van der Waals surface area contributed by atoms with Gasteiger partial charge in [-0.2, -0.15) is 0 Å². The molecule has 0 saturated carbocycles. The van der Waals surface area contributed by atoms with E-state index in [9.17, 15) is 0 Å². The molecule has 0 aliphatic heterocycles. The van der Waals surface area contributed by atoms with E-state index in [-0.39, 0.29) is 5.41 Å². The van der Waals surface area contributed by atoms with Crippen LogP contribution in [0.2, 0.25) is 0 Å². The van der Waals surface area contributed by atoms with E-state index in [0.717, 1.165) is 12.8 Å². The van der Waals surface area contributed by atoms with Crippen molar-refractivity contribution in [2.45, 2.75) is 33.6 Å². The topological polar surface area (TPSA) is 12.4 Å². The van der Waals surface area contributed by atoms with Gasteiger partial charge in [0.05, 0.1) is 0 Å². The predicted octanol–water partition coefficient (Wildman–Crippen LogP) is 3.19. The first-order valence-electron chi connectivity index (χ1n) is 5.41. The Balaban J connectivity index is 2.81. The Labute approximate surface area is 109 Å². The summed E-state index contributed by atoms with van der Waals surface area (Å²) in [7, 11) is 0. The third-order valence-electron chi connectivity index (χ3n) is 3.04. The van der Waals surface area contributed by atoms with Crippen molar-refractivity contribution in [1.82, 2.24) is 0 Å². The number of hydrogen-bond donors (Lipinski definition) is 0. The zero-order chi connectivity index (χ0) is 11.3. The molecule has 0 atom stereocenters. The zero-order valence-electron chi connectivity index (χ0n) is 9.83. The molecule has 0 spiro atoms. The van der Waals surface area contributed by atoms with Crippen LogP contribution in [0.1, 0.15) is 32.8 Å². The van der Waals surface area contributed by atoms with Gasteiger partial charge in [0, 0.05) is 0 Å². The van der Waals surface area contributed by atoms with E-state index >= 15 is 0 Å². The van der Waals surface area contributed by atoms with Gasteiger partial charge >= 0.3 is 110 Å². The second kappa shape index (κ2) is 5.78. The third-order valence-corrected chi connectivity index (χ3v) is 4.25. The summed E-state index contributed by atoms with van der Waals surface area (Å²) in [6, 6.07) is 10.6. The van der Waals surface area contributed by atoms with E-state index in [4.69, 9.17) is 0 Å². The standard InChI is InChI=1S/C13H18N.Tl/c1-4-13(2,3)12(14)10-11-8-6-5-7-9-11;/h5-9H,4,10H2,1-3H3;/q-1;+1. The van der Waals surface area contributed by atoms with Crippen molar-refractivity contribution in [3.8, 4) is 0 Å². The van der Waals surface area contributed by atoms with Gasteiger partial charge in [0.15, 0.2) is 0 Å². The summed E-state index contributed by atoms with van der Waals surface area (Å²) >= 11 is 0.708. The maximum atomic E-state index is 4.61. The van der Waals surface area contributed by atoms with Gasteiger partial charge in [-0.3, -0.25) is 0 Å². The fraction of sp³-hybridized carbons (Fsp3) is 0.462. The zero-order valence-corrected chi connectivity index (χ0v) is 14.3. The second-order valence-electron chi connectivity index (χ2n) is 4.48. The molecular formula is C13H18NTl. The van der Waals surface area contributed by atoms with Crippen LogP contribution in [-0.4, -0.2) is 31.8 Å². The van der Waals surface area contributed by atoms with Crippen LogP contribution in [0, 0.1) is 5.41 Å². The molecule has 0 fully saturated rings. The fourth-order valence-electron chi connectivity index (χ4n) is 1.45. The van der Waals surface area contributed by atoms with Gasteiger partial charge in [-0.1, -0.05) is 0 Å². The van der Waals surface area contributed by atoms with Crippen molar-refractivity contribution in [2.24, 2.45) is 8.22 Å². The van der Waals surface area contributed by atoms with E-state index in [1.807, 2.05) is 0 Å². The molecule has 15 heavy (non-hydrogen) atoms. The summed E-state index contributed by atoms with van der Waals surface area (Å²) in [5.41, 5.74) is 2.99. The molecule has 2 heteroatoms. The van der Waals surface area contributed by atoms with Crippen LogP contribution in [0.15, 0.2) is 33.1 Å². The summed E-state index contributed by atoms with van der Waals surface area (Å²) in [5, 5.41) is 0. The minimum atomic E-state index is 0.255. The van der Waals surface area contributed by atoms with Crippen molar-refractivity contribution < 1.29 is 0 Å². The van der Waals surface area contributed by atoms with Gasteiger partial charge in [0.1, 0.15) is 0 Å². The van der Waals surface area contributed by atoms with E-state index < -0.39 is 0 Å². The molecule has 0 unspecified atom stereocenters. The van der Waals surface area contributed by atoms with Crippen molar-refractivity contribution in [3.63, 3.8) is 0 Å². The molecule has 0 heterocycles. The average molecular weight is 393 g/mol.